The maximum Gasteiger partial charge on any atom is 0.160 e. The van der Waals surface area contributed by atoms with Crippen molar-refractivity contribution in [2.45, 2.75) is 20.8 Å². The molecule has 0 aliphatic rings. The maximum atomic E-state index is 11.5. The van der Waals surface area contributed by atoms with Gasteiger partial charge in [0, 0.05) is 5.56 Å². The van der Waals surface area contributed by atoms with Gasteiger partial charge in [-0.15, -0.1) is 0 Å². The van der Waals surface area contributed by atoms with Crippen LogP contribution in [0, 0.1) is 13.8 Å². The summed E-state index contributed by atoms with van der Waals surface area (Å²) in [6, 6.07) is 10.2. The van der Waals surface area contributed by atoms with E-state index in [-0.39, 0.29) is 5.78 Å². The molecule has 0 aliphatic heterocycles. The molecule has 0 bridgehead atoms. The molecule has 0 aliphatic carbocycles. The van der Waals surface area contributed by atoms with Gasteiger partial charge in [-0.3, -0.25) is 4.79 Å². The molecule has 1 heteroatoms. The first-order valence-corrected chi connectivity index (χ1v) is 5.11. The molecule has 2 aromatic carbocycles. The summed E-state index contributed by atoms with van der Waals surface area (Å²) in [5.41, 5.74) is 3.09. The minimum atomic E-state index is 0.140. The first-order chi connectivity index (χ1) is 7.11. The lowest BCUT2D eigenvalue weighted by molar-refractivity contribution is 0.101. The van der Waals surface area contributed by atoms with Crippen LogP contribution < -0.4 is 0 Å². The first kappa shape index (κ1) is 9.91. The summed E-state index contributed by atoms with van der Waals surface area (Å²) >= 11 is 0. The summed E-state index contributed by atoms with van der Waals surface area (Å²) in [5.74, 6) is 0.140. The second-order valence-electron chi connectivity index (χ2n) is 3.97. The van der Waals surface area contributed by atoms with E-state index < -0.39 is 0 Å². The van der Waals surface area contributed by atoms with Crippen LogP contribution in [-0.2, 0) is 0 Å². The van der Waals surface area contributed by atoms with E-state index in [0.717, 1.165) is 11.1 Å². The number of rotatable bonds is 1. The third kappa shape index (κ3) is 1.54. The number of Topliss-reactive ketones (excluding diaryl/α,β-unsaturated/α-hetero) is 1. The highest BCUT2D eigenvalue weighted by molar-refractivity contribution is 6.02. The first-order valence-electron chi connectivity index (χ1n) is 5.11. The molecule has 0 atom stereocenters. The third-order valence-corrected chi connectivity index (χ3v) is 2.90. The molecule has 0 unspecified atom stereocenters. The molecule has 2 aromatic rings. The summed E-state index contributed by atoms with van der Waals surface area (Å²) < 4.78 is 0. The molecular formula is C14H14O. The van der Waals surface area contributed by atoms with Gasteiger partial charge in [-0.05, 0) is 48.7 Å². The largest absolute Gasteiger partial charge is 0.295 e. The van der Waals surface area contributed by atoms with Crippen LogP contribution in [0.25, 0.3) is 10.8 Å². The Morgan fingerprint density at radius 2 is 1.67 bits per heavy atom. The van der Waals surface area contributed by atoms with Crippen LogP contribution >= 0.6 is 0 Å². The summed E-state index contributed by atoms with van der Waals surface area (Å²) in [7, 11) is 0. The van der Waals surface area contributed by atoms with Crippen molar-refractivity contribution in [3.63, 3.8) is 0 Å². The minimum Gasteiger partial charge on any atom is -0.295 e. The summed E-state index contributed by atoms with van der Waals surface area (Å²) in [4.78, 5) is 11.5. The van der Waals surface area contributed by atoms with Crippen LogP contribution in [0.2, 0.25) is 0 Å². The van der Waals surface area contributed by atoms with E-state index >= 15 is 0 Å². The quantitative estimate of drug-likeness (QED) is 0.639. The highest BCUT2D eigenvalue weighted by Gasteiger charge is 2.09. The second-order valence-corrected chi connectivity index (χ2v) is 3.97. The number of ketones is 1. The average molecular weight is 198 g/mol. The SMILES string of the molecule is CC(=O)c1cc(C)c2ccccc2c1C. The molecule has 0 amide bonds. The molecule has 0 saturated carbocycles. The Hall–Kier alpha value is -1.63. The highest BCUT2D eigenvalue weighted by Crippen LogP contribution is 2.25. The van der Waals surface area contributed by atoms with Gasteiger partial charge in [0.1, 0.15) is 0 Å². The molecule has 0 saturated heterocycles. The molecule has 15 heavy (non-hydrogen) atoms. The van der Waals surface area contributed by atoms with E-state index in [1.165, 1.54) is 16.3 Å². The van der Waals surface area contributed by atoms with Crippen LogP contribution in [0.1, 0.15) is 28.4 Å². The van der Waals surface area contributed by atoms with Gasteiger partial charge in [0.25, 0.3) is 0 Å². The number of aryl methyl sites for hydroxylation is 2. The fourth-order valence-electron chi connectivity index (χ4n) is 2.07. The monoisotopic (exact) mass is 198 g/mol. The summed E-state index contributed by atoms with van der Waals surface area (Å²) in [6.45, 7) is 5.68. The third-order valence-electron chi connectivity index (χ3n) is 2.90. The van der Waals surface area contributed by atoms with Gasteiger partial charge in [-0.1, -0.05) is 24.3 Å². The number of carbonyl (C=O) groups is 1. The van der Waals surface area contributed by atoms with Crippen molar-refractivity contribution >= 4 is 16.6 Å². The lowest BCUT2D eigenvalue weighted by atomic mass is 9.94. The van der Waals surface area contributed by atoms with Gasteiger partial charge in [-0.2, -0.15) is 0 Å². The Balaban J connectivity index is 2.90. The van der Waals surface area contributed by atoms with Crippen molar-refractivity contribution in [2.24, 2.45) is 0 Å². The van der Waals surface area contributed by atoms with E-state index in [1.54, 1.807) is 6.92 Å². The molecule has 1 nitrogen and oxygen atoms in total. The zero-order valence-electron chi connectivity index (χ0n) is 9.29. The van der Waals surface area contributed by atoms with Crippen molar-refractivity contribution in [3.05, 3.63) is 47.0 Å². The van der Waals surface area contributed by atoms with Crippen LogP contribution in [0.5, 0.6) is 0 Å². The molecule has 0 N–H and O–H groups in total. The molecule has 0 heterocycles. The normalized spacial score (nSPS) is 10.6. The number of fused-ring (bicyclic) bond motifs is 1. The molecule has 2 rings (SSSR count). The van der Waals surface area contributed by atoms with E-state index in [9.17, 15) is 4.79 Å². The fourth-order valence-corrected chi connectivity index (χ4v) is 2.07. The molecule has 0 fully saturated rings. The maximum absolute atomic E-state index is 11.5. The minimum absolute atomic E-state index is 0.140. The van der Waals surface area contributed by atoms with Crippen molar-refractivity contribution in [3.8, 4) is 0 Å². The zero-order chi connectivity index (χ0) is 11.0. The zero-order valence-corrected chi connectivity index (χ0v) is 9.29. The second kappa shape index (κ2) is 3.50. The molecule has 0 aromatic heterocycles. The Morgan fingerprint density at radius 1 is 1.07 bits per heavy atom. The highest BCUT2D eigenvalue weighted by atomic mass is 16.1. The van der Waals surface area contributed by atoms with Crippen LogP contribution in [0.3, 0.4) is 0 Å². The lowest BCUT2D eigenvalue weighted by Crippen LogP contribution is -1.98. The van der Waals surface area contributed by atoms with Crippen molar-refractivity contribution < 1.29 is 4.79 Å². The fraction of sp³-hybridized carbons (Fsp3) is 0.214. The number of benzene rings is 2. The molecular weight excluding hydrogens is 184 g/mol. The van der Waals surface area contributed by atoms with E-state index in [0.29, 0.717) is 0 Å². The van der Waals surface area contributed by atoms with E-state index in [4.69, 9.17) is 0 Å². The van der Waals surface area contributed by atoms with Gasteiger partial charge in [0.15, 0.2) is 5.78 Å². The van der Waals surface area contributed by atoms with Crippen LogP contribution in [-0.4, -0.2) is 5.78 Å². The summed E-state index contributed by atoms with van der Waals surface area (Å²) in [5, 5.41) is 2.42. The van der Waals surface area contributed by atoms with Crippen LogP contribution in [0.4, 0.5) is 0 Å². The summed E-state index contributed by atoms with van der Waals surface area (Å²) in [6.07, 6.45) is 0. The number of hydrogen-bond acceptors (Lipinski definition) is 1. The number of hydrogen-bond donors (Lipinski definition) is 0. The topological polar surface area (TPSA) is 17.1 Å². The van der Waals surface area contributed by atoms with Gasteiger partial charge in [0.05, 0.1) is 0 Å². The van der Waals surface area contributed by atoms with Gasteiger partial charge in [-0.25, -0.2) is 0 Å². The average Bonchev–Trinajstić information content (AvgIpc) is 2.23. The number of carbonyl (C=O) groups excluding carboxylic acids is 1. The van der Waals surface area contributed by atoms with E-state index in [2.05, 4.69) is 12.1 Å². The Bertz CT molecular complexity index is 538. The van der Waals surface area contributed by atoms with Crippen molar-refractivity contribution in [1.82, 2.24) is 0 Å². The Kier molecular flexibility index (Phi) is 2.31. The molecule has 0 spiro atoms. The van der Waals surface area contributed by atoms with Crippen molar-refractivity contribution in [1.29, 1.82) is 0 Å². The van der Waals surface area contributed by atoms with Gasteiger partial charge < -0.3 is 0 Å². The van der Waals surface area contributed by atoms with Gasteiger partial charge in [0.2, 0.25) is 0 Å². The smallest absolute Gasteiger partial charge is 0.160 e. The Labute approximate surface area is 89.7 Å². The standard InChI is InChI=1S/C14H14O/c1-9-8-14(11(3)15)10(2)13-7-5-4-6-12(9)13/h4-8H,1-3H3. The predicted octanol–water partition coefficient (Wildman–Crippen LogP) is 3.66. The predicted molar refractivity (Wildman–Crippen MR) is 63.4 cm³/mol. The van der Waals surface area contributed by atoms with Crippen molar-refractivity contribution in [2.75, 3.05) is 0 Å². The molecule has 76 valence electrons. The molecule has 0 radical (unpaired) electrons. The Morgan fingerprint density at radius 3 is 2.27 bits per heavy atom. The van der Waals surface area contributed by atoms with Crippen LogP contribution in [0.15, 0.2) is 30.3 Å². The van der Waals surface area contributed by atoms with Gasteiger partial charge >= 0.3 is 0 Å². The lowest BCUT2D eigenvalue weighted by Gasteiger charge is -2.09. The van der Waals surface area contributed by atoms with E-state index in [1.807, 2.05) is 32.0 Å².